The molecular weight excluding hydrogens is 599 g/mol. The molecule has 5 aromatic rings. The maximum atomic E-state index is 12.6. The van der Waals surface area contributed by atoms with Gasteiger partial charge in [0.2, 0.25) is 0 Å². The quantitative estimate of drug-likeness (QED) is 0.127. The number of anilines is 2. The average molecular weight is 622 g/mol. The highest BCUT2D eigenvalue weighted by atomic mass is 35.5. The number of thiazole rings is 1. The second-order valence-electron chi connectivity index (χ2n) is 9.03. The summed E-state index contributed by atoms with van der Waals surface area (Å²) in [7, 11) is 0. The number of hydrogen-bond donors (Lipinski definition) is 2. The minimum Gasteiger partial charge on any atom is -0.486 e. The number of hydrazone groups is 1. The number of aryl methyl sites for hydroxylation is 1. The van der Waals surface area contributed by atoms with E-state index in [1.807, 2.05) is 60.8 Å². The van der Waals surface area contributed by atoms with Crippen molar-refractivity contribution in [2.75, 3.05) is 5.32 Å². The zero-order chi connectivity index (χ0) is 28.8. The summed E-state index contributed by atoms with van der Waals surface area (Å²) in [6.07, 6.45) is 1.46. The molecule has 0 spiro atoms. The maximum Gasteiger partial charge on any atom is 0.271 e. The number of nitrogens with zero attached hydrogens (tertiary/aromatic N) is 2. The molecule has 41 heavy (non-hydrogen) atoms. The molecule has 0 atom stereocenters. The minimum absolute atomic E-state index is 0.285. The lowest BCUT2D eigenvalue weighted by Gasteiger charge is -2.11. The van der Waals surface area contributed by atoms with E-state index in [1.54, 1.807) is 36.4 Å². The topological polar surface area (TPSA) is 75.6 Å². The van der Waals surface area contributed by atoms with Crippen LogP contribution in [0.5, 0.6) is 5.75 Å². The maximum absolute atomic E-state index is 12.6. The minimum atomic E-state index is -0.354. The van der Waals surface area contributed by atoms with Gasteiger partial charge < -0.3 is 10.1 Å². The van der Waals surface area contributed by atoms with Gasteiger partial charge in [-0.15, -0.1) is 11.3 Å². The molecule has 6 nitrogen and oxygen atoms in total. The fourth-order valence-corrected chi connectivity index (χ4v) is 5.25. The average Bonchev–Trinajstić information content (AvgIpc) is 3.43. The number of hydrogen-bond acceptors (Lipinski definition) is 6. The van der Waals surface area contributed by atoms with Gasteiger partial charge >= 0.3 is 0 Å². The Hall–Kier alpha value is -3.88. The van der Waals surface area contributed by atoms with Crippen molar-refractivity contribution in [3.8, 4) is 17.0 Å². The second-order valence-corrected chi connectivity index (χ2v) is 11.1. The predicted octanol–water partition coefficient (Wildman–Crippen LogP) is 9.17. The fourth-order valence-electron chi connectivity index (χ4n) is 3.77. The Kier molecular flexibility index (Phi) is 9.21. The third-order valence-electron chi connectivity index (χ3n) is 5.95. The van der Waals surface area contributed by atoms with Crippen molar-refractivity contribution < 1.29 is 9.53 Å². The van der Waals surface area contributed by atoms with Gasteiger partial charge in [0.15, 0.2) is 10.9 Å². The third-order valence-corrected chi connectivity index (χ3v) is 7.52. The van der Waals surface area contributed by atoms with Crippen molar-refractivity contribution in [1.82, 2.24) is 10.4 Å². The second kappa shape index (κ2) is 13.2. The molecule has 1 amide bonds. The summed E-state index contributed by atoms with van der Waals surface area (Å²) in [4.78, 5) is 17.3. The van der Waals surface area contributed by atoms with Crippen molar-refractivity contribution in [2.45, 2.75) is 13.5 Å². The fraction of sp³-hybridized carbons (Fsp3) is 0.0645. The molecule has 0 aliphatic carbocycles. The summed E-state index contributed by atoms with van der Waals surface area (Å²) < 4.78 is 5.79. The number of carbonyl (C=O) groups excluding carboxylic acids is 1. The van der Waals surface area contributed by atoms with Gasteiger partial charge in [-0.25, -0.2) is 10.4 Å². The molecule has 0 aliphatic heterocycles. The van der Waals surface area contributed by atoms with Crippen molar-refractivity contribution in [3.05, 3.63) is 128 Å². The van der Waals surface area contributed by atoms with Crippen LogP contribution in [0.3, 0.4) is 0 Å². The molecule has 0 saturated heterocycles. The van der Waals surface area contributed by atoms with E-state index in [4.69, 9.17) is 39.5 Å². The van der Waals surface area contributed by atoms with Crippen LogP contribution in [0.25, 0.3) is 11.3 Å². The van der Waals surface area contributed by atoms with Crippen LogP contribution in [0.4, 0.5) is 10.8 Å². The van der Waals surface area contributed by atoms with Crippen LogP contribution in [0.1, 0.15) is 27.0 Å². The molecule has 2 N–H and O–H groups in total. The van der Waals surface area contributed by atoms with Gasteiger partial charge in [-0.3, -0.25) is 4.79 Å². The number of nitrogens with one attached hydrogen (secondary N) is 2. The lowest BCUT2D eigenvalue weighted by Crippen LogP contribution is -2.17. The van der Waals surface area contributed by atoms with Gasteiger partial charge in [0.05, 0.1) is 22.0 Å². The van der Waals surface area contributed by atoms with Crippen molar-refractivity contribution in [2.24, 2.45) is 5.10 Å². The van der Waals surface area contributed by atoms with Gasteiger partial charge in [0.25, 0.3) is 5.91 Å². The summed E-state index contributed by atoms with van der Waals surface area (Å²) in [5.74, 6) is 0.00985. The third kappa shape index (κ3) is 7.65. The molecule has 0 unspecified atom stereocenters. The Morgan fingerprint density at radius 3 is 2.32 bits per heavy atom. The van der Waals surface area contributed by atoms with E-state index in [1.165, 1.54) is 23.1 Å². The Morgan fingerprint density at radius 1 is 0.951 bits per heavy atom. The highest BCUT2D eigenvalue weighted by Crippen LogP contribution is 2.34. The van der Waals surface area contributed by atoms with Crippen LogP contribution in [0.2, 0.25) is 15.1 Å². The first kappa shape index (κ1) is 28.6. The standard InChI is InChI=1S/C31H23Cl3N4O2S/c1-19-2-12-25(13-3-19)36-31-37-28(18-41-31)22-6-8-23(9-7-22)30(39)38-35-16-21-14-26(33)29(27(34)15-21)40-17-20-4-10-24(32)11-5-20/h2-16,18H,17H2,1H3,(H,36,37)(H,38,39)/b35-16-. The Balaban J connectivity index is 1.16. The number of amides is 1. The zero-order valence-electron chi connectivity index (χ0n) is 21.7. The van der Waals surface area contributed by atoms with Crippen LogP contribution in [-0.4, -0.2) is 17.1 Å². The molecule has 4 aromatic carbocycles. The molecule has 5 rings (SSSR count). The zero-order valence-corrected chi connectivity index (χ0v) is 24.8. The summed E-state index contributed by atoms with van der Waals surface area (Å²) in [6, 6.07) is 25.9. The molecule has 0 radical (unpaired) electrons. The van der Waals surface area contributed by atoms with Crippen molar-refractivity contribution in [3.63, 3.8) is 0 Å². The van der Waals surface area contributed by atoms with E-state index >= 15 is 0 Å². The number of benzene rings is 4. The molecule has 0 bridgehead atoms. The molecule has 0 aliphatic rings. The number of carbonyl (C=O) groups is 1. The van der Waals surface area contributed by atoms with Gasteiger partial charge in [-0.05, 0) is 66.6 Å². The highest BCUT2D eigenvalue weighted by Gasteiger charge is 2.11. The Bertz CT molecular complexity index is 1660. The smallest absolute Gasteiger partial charge is 0.271 e. The van der Waals surface area contributed by atoms with Crippen LogP contribution in [0.15, 0.2) is 95.4 Å². The van der Waals surface area contributed by atoms with E-state index < -0.39 is 0 Å². The van der Waals surface area contributed by atoms with Crippen LogP contribution >= 0.6 is 46.1 Å². The lowest BCUT2D eigenvalue weighted by atomic mass is 10.1. The first-order valence-corrected chi connectivity index (χ1v) is 14.4. The number of aromatic nitrogens is 1. The summed E-state index contributed by atoms with van der Waals surface area (Å²) in [5, 5.41) is 11.4. The van der Waals surface area contributed by atoms with E-state index in [0.29, 0.717) is 31.9 Å². The Labute approximate surface area is 256 Å². The molecule has 0 saturated carbocycles. The summed E-state index contributed by atoms with van der Waals surface area (Å²) >= 11 is 20.2. The van der Waals surface area contributed by atoms with Gasteiger partial charge in [-0.2, -0.15) is 5.10 Å². The van der Waals surface area contributed by atoms with Crippen LogP contribution in [-0.2, 0) is 6.61 Å². The Morgan fingerprint density at radius 2 is 1.63 bits per heavy atom. The highest BCUT2D eigenvalue weighted by molar-refractivity contribution is 7.14. The summed E-state index contributed by atoms with van der Waals surface area (Å²) in [6.45, 7) is 2.33. The number of rotatable bonds is 9. The molecule has 10 heteroatoms. The first-order valence-electron chi connectivity index (χ1n) is 12.4. The van der Waals surface area contributed by atoms with Crippen molar-refractivity contribution in [1.29, 1.82) is 0 Å². The number of ether oxygens (including phenoxy) is 1. The van der Waals surface area contributed by atoms with E-state index in [9.17, 15) is 4.79 Å². The number of halogens is 3. The predicted molar refractivity (Wildman–Crippen MR) is 169 cm³/mol. The van der Waals surface area contributed by atoms with Crippen LogP contribution in [0, 0.1) is 6.92 Å². The largest absolute Gasteiger partial charge is 0.486 e. The molecule has 206 valence electrons. The van der Waals surface area contributed by atoms with Gasteiger partial charge in [0.1, 0.15) is 6.61 Å². The van der Waals surface area contributed by atoms with E-state index in [-0.39, 0.29) is 12.5 Å². The summed E-state index contributed by atoms with van der Waals surface area (Å²) in [5.41, 5.74) is 8.42. The normalized spacial score (nSPS) is 11.0. The van der Waals surface area contributed by atoms with E-state index in [0.717, 1.165) is 27.6 Å². The van der Waals surface area contributed by atoms with Gasteiger partial charge in [0, 0.05) is 27.2 Å². The van der Waals surface area contributed by atoms with Gasteiger partial charge in [-0.1, -0.05) is 76.8 Å². The molecule has 1 aromatic heterocycles. The lowest BCUT2D eigenvalue weighted by molar-refractivity contribution is 0.0955. The SMILES string of the molecule is Cc1ccc(Nc2nc(-c3ccc(C(=O)N/N=C\c4cc(Cl)c(OCc5ccc(Cl)cc5)c(Cl)c4)cc3)cs2)cc1. The van der Waals surface area contributed by atoms with Crippen LogP contribution < -0.4 is 15.5 Å². The molecule has 1 heterocycles. The molecular formula is C31H23Cl3N4O2S. The molecule has 0 fully saturated rings. The monoisotopic (exact) mass is 620 g/mol. The first-order chi connectivity index (χ1) is 19.8. The van der Waals surface area contributed by atoms with Crippen molar-refractivity contribution >= 4 is 69.1 Å². The van der Waals surface area contributed by atoms with E-state index in [2.05, 4.69) is 20.8 Å².